The van der Waals surface area contributed by atoms with Gasteiger partial charge < -0.3 is 5.32 Å². The van der Waals surface area contributed by atoms with Gasteiger partial charge in [0.2, 0.25) is 0 Å². The minimum Gasteiger partial charge on any atom is -0.373 e. The highest BCUT2D eigenvalue weighted by Gasteiger charge is 2.12. The Kier molecular flexibility index (Phi) is 3.52. The lowest BCUT2D eigenvalue weighted by atomic mass is 10.1. The molecule has 0 spiro atoms. The Morgan fingerprint density at radius 2 is 1.86 bits per heavy atom. The summed E-state index contributed by atoms with van der Waals surface area (Å²) in [5.41, 5.74) is 3.97. The Morgan fingerprint density at radius 1 is 1.05 bits per heavy atom. The van der Waals surface area contributed by atoms with Crippen LogP contribution in [0.4, 0.5) is 5.82 Å². The van der Waals surface area contributed by atoms with Crippen LogP contribution >= 0.6 is 11.6 Å². The number of aromatic nitrogens is 2. The molecule has 3 aromatic rings. The summed E-state index contributed by atoms with van der Waals surface area (Å²) in [6.45, 7) is 4.04. The van der Waals surface area contributed by atoms with Gasteiger partial charge in [-0.1, -0.05) is 35.4 Å². The fraction of sp³-hybridized carbons (Fsp3) is 0.176. The smallest absolute Gasteiger partial charge is 0.163 e. The van der Waals surface area contributed by atoms with E-state index in [1.54, 1.807) is 0 Å². The number of rotatable bonds is 2. The summed E-state index contributed by atoms with van der Waals surface area (Å²) in [5.74, 6) is 1.46. The summed E-state index contributed by atoms with van der Waals surface area (Å²) in [4.78, 5) is 9.29. The maximum absolute atomic E-state index is 6.40. The maximum Gasteiger partial charge on any atom is 0.163 e. The first-order valence-corrected chi connectivity index (χ1v) is 7.19. The second-order valence-electron chi connectivity index (χ2n) is 5.10. The number of nitrogens with one attached hydrogen (secondary N) is 1. The SMILES string of the molecule is CNc1nc(-c2cccc(C)c2Cl)nc2ccc(C)cc12. The van der Waals surface area contributed by atoms with Crippen LogP contribution in [0.2, 0.25) is 5.02 Å². The van der Waals surface area contributed by atoms with Crippen LogP contribution in [0.5, 0.6) is 0 Å². The molecule has 3 rings (SSSR count). The highest BCUT2D eigenvalue weighted by Crippen LogP contribution is 2.31. The molecule has 4 heteroatoms. The third-order valence-corrected chi connectivity index (χ3v) is 4.02. The first-order valence-electron chi connectivity index (χ1n) is 6.82. The molecule has 21 heavy (non-hydrogen) atoms. The van der Waals surface area contributed by atoms with Crippen molar-refractivity contribution in [3.63, 3.8) is 0 Å². The van der Waals surface area contributed by atoms with Gasteiger partial charge in [0.25, 0.3) is 0 Å². The zero-order valence-corrected chi connectivity index (χ0v) is 13.0. The van der Waals surface area contributed by atoms with E-state index < -0.39 is 0 Å². The van der Waals surface area contributed by atoms with Crippen molar-refractivity contribution in [1.82, 2.24) is 9.97 Å². The molecule has 1 heterocycles. The zero-order valence-electron chi connectivity index (χ0n) is 12.2. The summed E-state index contributed by atoms with van der Waals surface area (Å²) in [7, 11) is 1.87. The Bertz CT molecular complexity index is 828. The van der Waals surface area contributed by atoms with Crippen molar-refractivity contribution in [3.8, 4) is 11.4 Å². The molecule has 1 aromatic heterocycles. The van der Waals surface area contributed by atoms with Crippen LogP contribution in [0.3, 0.4) is 0 Å². The van der Waals surface area contributed by atoms with Gasteiger partial charge in [0, 0.05) is 18.0 Å². The molecule has 106 valence electrons. The van der Waals surface area contributed by atoms with Crippen LogP contribution in [0.25, 0.3) is 22.3 Å². The molecule has 1 N–H and O–H groups in total. The summed E-state index contributed by atoms with van der Waals surface area (Å²) < 4.78 is 0. The molecule has 0 unspecified atom stereocenters. The van der Waals surface area contributed by atoms with Crippen LogP contribution in [0.15, 0.2) is 36.4 Å². The summed E-state index contributed by atoms with van der Waals surface area (Å²) in [6, 6.07) is 12.1. The largest absolute Gasteiger partial charge is 0.373 e. The number of anilines is 1. The molecule has 0 aliphatic rings. The molecule has 2 aromatic carbocycles. The van der Waals surface area contributed by atoms with Gasteiger partial charge in [0.15, 0.2) is 5.82 Å². The average molecular weight is 298 g/mol. The van der Waals surface area contributed by atoms with E-state index in [-0.39, 0.29) is 0 Å². The van der Waals surface area contributed by atoms with Crippen molar-refractivity contribution in [2.24, 2.45) is 0 Å². The van der Waals surface area contributed by atoms with Gasteiger partial charge in [0.1, 0.15) is 5.82 Å². The van der Waals surface area contributed by atoms with Gasteiger partial charge in [0.05, 0.1) is 10.5 Å². The molecule has 0 aliphatic heterocycles. The van der Waals surface area contributed by atoms with Gasteiger partial charge in [-0.2, -0.15) is 0 Å². The van der Waals surface area contributed by atoms with Crippen molar-refractivity contribution in [3.05, 3.63) is 52.5 Å². The number of benzene rings is 2. The summed E-state index contributed by atoms with van der Waals surface area (Å²) >= 11 is 6.40. The molecule has 0 atom stereocenters. The quantitative estimate of drug-likeness (QED) is 0.750. The number of halogens is 1. The van der Waals surface area contributed by atoms with E-state index in [2.05, 4.69) is 34.3 Å². The standard InChI is InChI=1S/C17H16ClN3/c1-10-7-8-14-13(9-10)16(19-3)21-17(20-14)12-6-4-5-11(2)15(12)18/h4-9H,1-3H3,(H,19,20,21). The first kappa shape index (κ1) is 13.8. The number of aryl methyl sites for hydroxylation is 2. The Labute approximate surface area is 129 Å². The number of hydrogen-bond donors (Lipinski definition) is 1. The predicted molar refractivity (Wildman–Crippen MR) is 89.0 cm³/mol. The van der Waals surface area contributed by atoms with Crippen molar-refractivity contribution < 1.29 is 0 Å². The average Bonchev–Trinajstić information content (AvgIpc) is 2.49. The normalized spacial score (nSPS) is 10.9. The summed E-state index contributed by atoms with van der Waals surface area (Å²) in [6.07, 6.45) is 0. The molecule has 0 aliphatic carbocycles. The van der Waals surface area contributed by atoms with Gasteiger partial charge in [-0.15, -0.1) is 0 Å². The van der Waals surface area contributed by atoms with Gasteiger partial charge >= 0.3 is 0 Å². The molecule has 0 amide bonds. The van der Waals surface area contributed by atoms with E-state index in [1.165, 1.54) is 5.56 Å². The Balaban J connectivity index is 2.29. The van der Waals surface area contributed by atoms with E-state index in [1.807, 2.05) is 38.2 Å². The highest BCUT2D eigenvalue weighted by molar-refractivity contribution is 6.34. The summed E-state index contributed by atoms with van der Waals surface area (Å²) in [5, 5.41) is 4.87. The number of fused-ring (bicyclic) bond motifs is 1. The third-order valence-electron chi connectivity index (χ3n) is 3.52. The van der Waals surface area contributed by atoms with Crippen LogP contribution in [0.1, 0.15) is 11.1 Å². The van der Waals surface area contributed by atoms with E-state index in [9.17, 15) is 0 Å². The minimum atomic E-state index is 0.643. The van der Waals surface area contributed by atoms with E-state index in [0.717, 1.165) is 27.8 Å². The second-order valence-corrected chi connectivity index (χ2v) is 5.48. The fourth-order valence-corrected chi connectivity index (χ4v) is 2.58. The van der Waals surface area contributed by atoms with Gasteiger partial charge in [-0.25, -0.2) is 9.97 Å². The van der Waals surface area contributed by atoms with E-state index >= 15 is 0 Å². The third kappa shape index (κ3) is 2.45. The molecule has 0 saturated carbocycles. The van der Waals surface area contributed by atoms with Gasteiger partial charge in [-0.05, 0) is 37.6 Å². The molecular formula is C17H16ClN3. The predicted octanol–water partition coefficient (Wildman–Crippen LogP) is 4.61. The van der Waals surface area contributed by atoms with Crippen LogP contribution in [-0.4, -0.2) is 17.0 Å². The van der Waals surface area contributed by atoms with Crippen LogP contribution < -0.4 is 5.32 Å². The lowest BCUT2D eigenvalue weighted by Crippen LogP contribution is -1.99. The zero-order chi connectivity index (χ0) is 15.0. The topological polar surface area (TPSA) is 37.8 Å². The lowest BCUT2D eigenvalue weighted by molar-refractivity contribution is 1.21. The molecular weight excluding hydrogens is 282 g/mol. The number of nitrogens with zero attached hydrogens (tertiary/aromatic N) is 2. The fourth-order valence-electron chi connectivity index (χ4n) is 2.37. The Morgan fingerprint density at radius 3 is 2.62 bits per heavy atom. The Hall–Kier alpha value is -2.13. The highest BCUT2D eigenvalue weighted by atomic mass is 35.5. The second kappa shape index (κ2) is 5.34. The molecule has 0 fully saturated rings. The van der Waals surface area contributed by atoms with Crippen LogP contribution in [-0.2, 0) is 0 Å². The van der Waals surface area contributed by atoms with Crippen molar-refractivity contribution in [2.75, 3.05) is 12.4 Å². The molecule has 0 bridgehead atoms. The monoisotopic (exact) mass is 297 g/mol. The van der Waals surface area contributed by atoms with Crippen LogP contribution in [0, 0.1) is 13.8 Å². The van der Waals surface area contributed by atoms with Crippen molar-refractivity contribution in [1.29, 1.82) is 0 Å². The van der Waals surface area contributed by atoms with Gasteiger partial charge in [-0.3, -0.25) is 0 Å². The first-order chi connectivity index (χ1) is 10.1. The van der Waals surface area contributed by atoms with Crippen molar-refractivity contribution in [2.45, 2.75) is 13.8 Å². The molecule has 0 saturated heterocycles. The maximum atomic E-state index is 6.40. The minimum absolute atomic E-state index is 0.643. The molecule has 3 nitrogen and oxygen atoms in total. The lowest BCUT2D eigenvalue weighted by Gasteiger charge is -2.10. The van der Waals surface area contributed by atoms with E-state index in [4.69, 9.17) is 11.6 Å². The molecule has 0 radical (unpaired) electrons. The van der Waals surface area contributed by atoms with Crippen molar-refractivity contribution >= 4 is 28.3 Å². The number of hydrogen-bond acceptors (Lipinski definition) is 3. The van der Waals surface area contributed by atoms with E-state index in [0.29, 0.717) is 10.8 Å².